The van der Waals surface area contributed by atoms with Crippen molar-refractivity contribution in [2.45, 2.75) is 12.7 Å². The molecule has 1 heterocycles. The highest BCUT2D eigenvalue weighted by molar-refractivity contribution is 5.42. The number of halogens is 3. The lowest BCUT2D eigenvalue weighted by molar-refractivity contribution is -0.141. The van der Waals surface area contributed by atoms with E-state index in [0.717, 1.165) is 18.0 Å². The van der Waals surface area contributed by atoms with Crippen LogP contribution < -0.4 is 9.64 Å². The summed E-state index contributed by atoms with van der Waals surface area (Å²) in [5.74, 6) is 0.873. The van der Waals surface area contributed by atoms with Crippen molar-refractivity contribution in [2.75, 3.05) is 19.1 Å². The first-order valence-electron chi connectivity index (χ1n) is 6.14. The zero-order chi connectivity index (χ0) is 15.5. The molecule has 0 spiro atoms. The van der Waals surface area contributed by atoms with Crippen molar-refractivity contribution in [2.24, 2.45) is 0 Å². The summed E-state index contributed by atoms with van der Waals surface area (Å²) in [6.07, 6.45) is -3.57. The lowest BCUT2D eigenvalue weighted by Gasteiger charge is -2.20. The van der Waals surface area contributed by atoms with E-state index in [0.29, 0.717) is 12.3 Å². The fraction of sp³-hybridized carbons (Fsp3) is 0.286. The van der Waals surface area contributed by atoms with Crippen LogP contribution in [0.2, 0.25) is 0 Å². The summed E-state index contributed by atoms with van der Waals surface area (Å²) in [6.45, 7) is 0.373. The van der Waals surface area contributed by atoms with Gasteiger partial charge in [0.1, 0.15) is 23.6 Å². The molecule has 0 aliphatic rings. The van der Waals surface area contributed by atoms with Crippen LogP contribution in [-0.2, 0) is 12.7 Å². The van der Waals surface area contributed by atoms with E-state index in [-0.39, 0.29) is 5.82 Å². The third-order valence-electron chi connectivity index (χ3n) is 2.93. The largest absolute Gasteiger partial charge is 0.496 e. The molecule has 21 heavy (non-hydrogen) atoms. The molecule has 1 aromatic heterocycles. The number of aromatic nitrogens is 2. The summed E-state index contributed by atoms with van der Waals surface area (Å²) in [5.41, 5.74) is -0.103. The number of rotatable bonds is 4. The zero-order valence-corrected chi connectivity index (χ0v) is 11.6. The Labute approximate surface area is 120 Å². The van der Waals surface area contributed by atoms with E-state index in [9.17, 15) is 13.2 Å². The summed E-state index contributed by atoms with van der Waals surface area (Å²) in [5, 5.41) is 0. The first-order valence-corrected chi connectivity index (χ1v) is 6.14. The van der Waals surface area contributed by atoms with Crippen molar-refractivity contribution in [1.29, 1.82) is 0 Å². The topological polar surface area (TPSA) is 38.2 Å². The van der Waals surface area contributed by atoms with Gasteiger partial charge in [0.2, 0.25) is 0 Å². The smallest absolute Gasteiger partial charge is 0.433 e. The van der Waals surface area contributed by atoms with E-state index in [2.05, 4.69) is 9.97 Å². The van der Waals surface area contributed by atoms with Gasteiger partial charge in [0.15, 0.2) is 0 Å². The first kappa shape index (κ1) is 15.1. The number of methoxy groups -OCH3 is 1. The third kappa shape index (κ3) is 3.62. The minimum atomic E-state index is -4.48. The maximum Gasteiger partial charge on any atom is 0.433 e. The first-order chi connectivity index (χ1) is 9.91. The Hall–Kier alpha value is -2.31. The molecular weight excluding hydrogens is 283 g/mol. The van der Waals surface area contributed by atoms with E-state index < -0.39 is 11.9 Å². The Morgan fingerprint density at radius 3 is 2.57 bits per heavy atom. The van der Waals surface area contributed by atoms with E-state index in [1.807, 2.05) is 18.2 Å². The molecule has 0 saturated heterocycles. The number of alkyl halides is 3. The van der Waals surface area contributed by atoms with Gasteiger partial charge < -0.3 is 9.64 Å². The highest BCUT2D eigenvalue weighted by Gasteiger charge is 2.33. The molecule has 0 aliphatic carbocycles. The summed E-state index contributed by atoms with van der Waals surface area (Å²) in [4.78, 5) is 8.73. The van der Waals surface area contributed by atoms with Crippen LogP contribution in [-0.4, -0.2) is 24.1 Å². The standard InChI is InChI=1S/C14H14F3N3O/c1-20(8-10-5-3-4-6-11(10)21-2)13-7-12(14(15,16)17)18-9-19-13/h3-7,9H,8H2,1-2H3. The number of ether oxygens (including phenoxy) is 1. The molecule has 0 bridgehead atoms. The summed E-state index contributed by atoms with van der Waals surface area (Å²) >= 11 is 0. The average molecular weight is 297 g/mol. The molecule has 0 fully saturated rings. The Balaban J connectivity index is 2.22. The Bertz CT molecular complexity index is 616. The molecule has 2 aromatic rings. The fourth-order valence-corrected chi connectivity index (χ4v) is 1.88. The molecule has 7 heteroatoms. The number of anilines is 1. The van der Waals surface area contributed by atoms with Crippen LogP contribution in [0, 0.1) is 0 Å². The Morgan fingerprint density at radius 1 is 1.19 bits per heavy atom. The zero-order valence-electron chi connectivity index (χ0n) is 11.6. The predicted octanol–water partition coefficient (Wildman–Crippen LogP) is 3.14. The lowest BCUT2D eigenvalue weighted by Crippen LogP contribution is -2.19. The van der Waals surface area contributed by atoms with Crippen LogP contribution in [0.4, 0.5) is 19.0 Å². The maximum atomic E-state index is 12.6. The molecule has 0 amide bonds. The van der Waals surface area contributed by atoms with Gasteiger partial charge in [0, 0.05) is 25.2 Å². The molecule has 0 N–H and O–H groups in total. The number of hydrogen-bond acceptors (Lipinski definition) is 4. The number of para-hydroxylation sites is 1. The van der Waals surface area contributed by atoms with Crippen molar-refractivity contribution >= 4 is 5.82 Å². The molecule has 0 aliphatic heterocycles. The average Bonchev–Trinajstić information content (AvgIpc) is 2.47. The second-order valence-electron chi connectivity index (χ2n) is 4.43. The van der Waals surface area contributed by atoms with Gasteiger partial charge in [-0.1, -0.05) is 18.2 Å². The SMILES string of the molecule is COc1ccccc1CN(C)c1cc(C(F)(F)F)ncn1. The number of benzene rings is 1. The molecule has 0 unspecified atom stereocenters. The second kappa shape index (κ2) is 5.99. The highest BCUT2D eigenvalue weighted by Crippen LogP contribution is 2.29. The van der Waals surface area contributed by atoms with Gasteiger partial charge in [-0.05, 0) is 6.07 Å². The van der Waals surface area contributed by atoms with Crippen molar-refractivity contribution in [3.05, 3.63) is 47.9 Å². The number of nitrogens with zero attached hydrogens (tertiary/aromatic N) is 3. The molecule has 1 aromatic carbocycles. The van der Waals surface area contributed by atoms with Crippen molar-refractivity contribution in [3.8, 4) is 5.75 Å². The maximum absolute atomic E-state index is 12.6. The minimum Gasteiger partial charge on any atom is -0.496 e. The van der Waals surface area contributed by atoms with Crippen LogP contribution in [0.25, 0.3) is 0 Å². The third-order valence-corrected chi connectivity index (χ3v) is 2.93. The van der Waals surface area contributed by atoms with E-state index in [1.54, 1.807) is 25.1 Å². The van der Waals surface area contributed by atoms with Crippen LogP contribution in [0.15, 0.2) is 36.7 Å². The Morgan fingerprint density at radius 2 is 1.90 bits per heavy atom. The lowest BCUT2D eigenvalue weighted by atomic mass is 10.2. The molecule has 112 valence electrons. The highest BCUT2D eigenvalue weighted by atomic mass is 19.4. The van der Waals surface area contributed by atoms with Crippen LogP contribution in [0.5, 0.6) is 5.75 Å². The van der Waals surface area contributed by atoms with Gasteiger partial charge in [-0.3, -0.25) is 0 Å². The van der Waals surface area contributed by atoms with Crippen molar-refractivity contribution < 1.29 is 17.9 Å². The monoisotopic (exact) mass is 297 g/mol. The van der Waals surface area contributed by atoms with Gasteiger partial charge in [-0.25, -0.2) is 9.97 Å². The Kier molecular flexibility index (Phi) is 4.30. The molecule has 2 rings (SSSR count). The molecule has 0 radical (unpaired) electrons. The number of hydrogen-bond donors (Lipinski definition) is 0. The summed E-state index contributed by atoms with van der Waals surface area (Å²) in [7, 11) is 3.21. The van der Waals surface area contributed by atoms with Gasteiger partial charge in [-0.2, -0.15) is 13.2 Å². The van der Waals surface area contributed by atoms with E-state index in [1.165, 1.54) is 0 Å². The summed E-state index contributed by atoms with van der Waals surface area (Å²) in [6, 6.07) is 8.24. The van der Waals surface area contributed by atoms with E-state index in [4.69, 9.17) is 4.74 Å². The fourth-order valence-electron chi connectivity index (χ4n) is 1.88. The normalized spacial score (nSPS) is 11.3. The minimum absolute atomic E-state index is 0.197. The van der Waals surface area contributed by atoms with Gasteiger partial charge in [0.05, 0.1) is 7.11 Å². The molecule has 4 nitrogen and oxygen atoms in total. The molecule has 0 saturated carbocycles. The van der Waals surface area contributed by atoms with Gasteiger partial charge in [0.25, 0.3) is 0 Å². The van der Waals surface area contributed by atoms with Crippen molar-refractivity contribution in [1.82, 2.24) is 9.97 Å². The van der Waals surface area contributed by atoms with Gasteiger partial charge >= 0.3 is 6.18 Å². The molecule has 0 atom stereocenters. The summed E-state index contributed by atoms with van der Waals surface area (Å²) < 4.78 is 43.2. The van der Waals surface area contributed by atoms with Crippen molar-refractivity contribution in [3.63, 3.8) is 0 Å². The van der Waals surface area contributed by atoms with E-state index >= 15 is 0 Å². The predicted molar refractivity (Wildman–Crippen MR) is 72.1 cm³/mol. The van der Waals surface area contributed by atoms with Crippen LogP contribution >= 0.6 is 0 Å². The van der Waals surface area contributed by atoms with Crippen LogP contribution in [0.3, 0.4) is 0 Å². The second-order valence-corrected chi connectivity index (χ2v) is 4.43. The van der Waals surface area contributed by atoms with Gasteiger partial charge in [-0.15, -0.1) is 0 Å². The van der Waals surface area contributed by atoms with Crippen LogP contribution in [0.1, 0.15) is 11.3 Å². The quantitative estimate of drug-likeness (QED) is 0.869. The molecular formula is C14H14F3N3O.